The number of pyridine rings is 1. The fourth-order valence-corrected chi connectivity index (χ4v) is 4.34. The minimum Gasteiger partial charge on any atom is -0.352 e. The number of amides is 1. The molecule has 1 heterocycles. The summed E-state index contributed by atoms with van der Waals surface area (Å²) < 4.78 is 0. The van der Waals surface area contributed by atoms with Crippen LogP contribution in [0.4, 0.5) is 0 Å². The van der Waals surface area contributed by atoms with Gasteiger partial charge in [-0.15, -0.1) is 0 Å². The molecule has 0 spiro atoms. The van der Waals surface area contributed by atoms with Crippen LogP contribution < -0.4 is 5.32 Å². The first-order valence-corrected chi connectivity index (χ1v) is 10.2. The van der Waals surface area contributed by atoms with E-state index in [0.717, 1.165) is 22.9 Å². The lowest BCUT2D eigenvalue weighted by molar-refractivity contribution is -0.119. The van der Waals surface area contributed by atoms with Crippen LogP contribution in [-0.2, 0) is 4.79 Å². The van der Waals surface area contributed by atoms with Crippen LogP contribution in [0.2, 0.25) is 0 Å². The number of hydrogen-bond acceptors (Lipinski definition) is 4. The molecule has 0 bridgehead atoms. The van der Waals surface area contributed by atoms with Gasteiger partial charge in [0.25, 0.3) is 0 Å². The van der Waals surface area contributed by atoms with Crippen LogP contribution in [0, 0.1) is 31.1 Å². The smallest absolute Gasteiger partial charge is 0.230 e. The fourth-order valence-electron chi connectivity index (χ4n) is 3.57. The van der Waals surface area contributed by atoms with Gasteiger partial charge in [0.05, 0.1) is 16.8 Å². The van der Waals surface area contributed by atoms with E-state index in [0.29, 0.717) is 22.3 Å². The van der Waals surface area contributed by atoms with Crippen molar-refractivity contribution in [1.29, 1.82) is 5.26 Å². The van der Waals surface area contributed by atoms with Gasteiger partial charge in [0.1, 0.15) is 11.1 Å². The van der Waals surface area contributed by atoms with E-state index in [4.69, 9.17) is 4.98 Å². The van der Waals surface area contributed by atoms with Crippen molar-refractivity contribution >= 4 is 28.6 Å². The number of rotatable bonds is 4. The normalized spacial score (nSPS) is 19.9. The molecular weight excluding hydrogens is 342 g/mol. The number of nitrogens with zero attached hydrogens (tertiary/aromatic N) is 2. The van der Waals surface area contributed by atoms with Gasteiger partial charge in [-0.1, -0.05) is 43.7 Å². The fraction of sp³-hybridized carbons (Fsp3) is 0.476. The molecule has 2 aromatic rings. The third-order valence-corrected chi connectivity index (χ3v) is 6.39. The number of fused-ring (bicyclic) bond motifs is 1. The Morgan fingerprint density at radius 2 is 2.12 bits per heavy atom. The summed E-state index contributed by atoms with van der Waals surface area (Å²) in [5.74, 6) is 0.860. The molecule has 4 nitrogen and oxygen atoms in total. The summed E-state index contributed by atoms with van der Waals surface area (Å²) in [5.41, 5.74) is 3.74. The van der Waals surface area contributed by atoms with E-state index in [9.17, 15) is 10.1 Å². The summed E-state index contributed by atoms with van der Waals surface area (Å²) >= 11 is 1.35. The van der Waals surface area contributed by atoms with Crippen molar-refractivity contribution in [2.75, 3.05) is 5.75 Å². The Morgan fingerprint density at radius 3 is 2.85 bits per heavy atom. The number of nitriles is 1. The Balaban J connectivity index is 1.74. The van der Waals surface area contributed by atoms with Gasteiger partial charge < -0.3 is 5.32 Å². The Kier molecular flexibility index (Phi) is 5.83. The Labute approximate surface area is 159 Å². The number of thioether (sulfide) groups is 1. The predicted octanol–water partition coefficient (Wildman–Crippen LogP) is 4.51. The van der Waals surface area contributed by atoms with E-state index in [1.807, 2.05) is 25.1 Å². The number of carbonyl (C=O) groups excluding carboxylic acids is 1. The van der Waals surface area contributed by atoms with Crippen LogP contribution in [0.3, 0.4) is 0 Å². The Hall–Kier alpha value is -2.06. The van der Waals surface area contributed by atoms with E-state index in [2.05, 4.69) is 25.2 Å². The van der Waals surface area contributed by atoms with Gasteiger partial charge in [-0.25, -0.2) is 4.98 Å². The zero-order valence-electron chi connectivity index (χ0n) is 15.6. The summed E-state index contributed by atoms with van der Waals surface area (Å²) in [7, 11) is 0. The van der Waals surface area contributed by atoms with Gasteiger partial charge >= 0.3 is 0 Å². The second kappa shape index (κ2) is 8.09. The minimum absolute atomic E-state index is 0.0282. The average Bonchev–Trinajstić information content (AvgIpc) is 2.64. The first-order chi connectivity index (χ1) is 12.5. The van der Waals surface area contributed by atoms with Crippen LogP contribution in [0.5, 0.6) is 0 Å². The molecule has 0 aliphatic heterocycles. The molecule has 1 saturated carbocycles. The summed E-state index contributed by atoms with van der Waals surface area (Å²) in [6.07, 6.45) is 4.69. The second-order valence-corrected chi connectivity index (χ2v) is 8.22. The highest BCUT2D eigenvalue weighted by Crippen LogP contribution is 2.28. The van der Waals surface area contributed by atoms with Crippen molar-refractivity contribution in [2.24, 2.45) is 5.92 Å². The molecule has 26 heavy (non-hydrogen) atoms. The quantitative estimate of drug-likeness (QED) is 0.808. The lowest BCUT2D eigenvalue weighted by Gasteiger charge is -2.29. The van der Waals surface area contributed by atoms with Crippen LogP contribution >= 0.6 is 11.8 Å². The number of hydrogen-bond donors (Lipinski definition) is 1. The third kappa shape index (κ3) is 4.02. The van der Waals surface area contributed by atoms with Gasteiger partial charge in [0.2, 0.25) is 5.91 Å². The highest BCUT2D eigenvalue weighted by atomic mass is 32.2. The molecule has 1 aromatic carbocycles. The maximum Gasteiger partial charge on any atom is 0.230 e. The molecule has 1 aromatic heterocycles. The van der Waals surface area contributed by atoms with Crippen molar-refractivity contribution in [2.45, 2.75) is 57.5 Å². The maximum absolute atomic E-state index is 12.4. The molecule has 0 radical (unpaired) electrons. The van der Waals surface area contributed by atoms with Gasteiger partial charge in [0.15, 0.2) is 0 Å². The molecule has 1 aliphatic carbocycles. The molecule has 0 saturated heterocycles. The zero-order chi connectivity index (χ0) is 18.7. The molecule has 2 unspecified atom stereocenters. The van der Waals surface area contributed by atoms with Crippen LogP contribution in [0.1, 0.15) is 49.3 Å². The number of nitrogens with one attached hydrogen (secondary N) is 1. The first-order valence-electron chi connectivity index (χ1n) is 9.23. The highest BCUT2D eigenvalue weighted by Gasteiger charge is 2.23. The molecule has 1 fully saturated rings. The van der Waals surface area contributed by atoms with Crippen LogP contribution in [0.25, 0.3) is 10.9 Å². The maximum atomic E-state index is 12.4. The van der Waals surface area contributed by atoms with Crippen LogP contribution in [-0.4, -0.2) is 22.7 Å². The number of benzene rings is 1. The van der Waals surface area contributed by atoms with E-state index in [-0.39, 0.29) is 11.9 Å². The van der Waals surface area contributed by atoms with Gasteiger partial charge in [-0.05, 0) is 49.8 Å². The molecule has 1 amide bonds. The average molecular weight is 368 g/mol. The molecular formula is C21H25N3OS. The molecule has 5 heteroatoms. The number of aromatic nitrogens is 1. The lowest BCUT2D eigenvalue weighted by Crippen LogP contribution is -2.41. The molecule has 1 N–H and O–H groups in total. The first kappa shape index (κ1) is 18.7. The molecule has 3 rings (SSSR count). The van der Waals surface area contributed by atoms with E-state index in [1.165, 1.54) is 36.6 Å². The van der Waals surface area contributed by atoms with E-state index in [1.54, 1.807) is 0 Å². The van der Waals surface area contributed by atoms with Crippen molar-refractivity contribution in [3.05, 3.63) is 34.9 Å². The standard InChI is InChI=1S/C21H25N3OS/c1-13-8-9-16-10-17(11-22)21(24-20(16)15(13)3)26-12-19(25)23-18-7-5-4-6-14(18)2/h8-10,14,18H,4-7,12H2,1-3H3,(H,23,25). The summed E-state index contributed by atoms with van der Waals surface area (Å²) in [6, 6.07) is 8.42. The molecule has 1 aliphatic rings. The Bertz CT molecular complexity index is 872. The van der Waals surface area contributed by atoms with Gasteiger partial charge in [-0.3, -0.25) is 4.79 Å². The lowest BCUT2D eigenvalue weighted by atomic mass is 9.86. The second-order valence-electron chi connectivity index (χ2n) is 7.26. The number of aryl methyl sites for hydroxylation is 2. The SMILES string of the molecule is Cc1ccc2cc(C#N)c(SCC(=O)NC3CCCCC3C)nc2c1C. The van der Waals surface area contributed by atoms with Crippen LogP contribution in [0.15, 0.2) is 23.2 Å². The van der Waals surface area contributed by atoms with E-state index < -0.39 is 0 Å². The summed E-state index contributed by atoms with van der Waals surface area (Å²) in [4.78, 5) is 17.1. The Morgan fingerprint density at radius 1 is 1.35 bits per heavy atom. The van der Waals surface area contributed by atoms with Crippen molar-refractivity contribution in [3.63, 3.8) is 0 Å². The van der Waals surface area contributed by atoms with Gasteiger partial charge in [-0.2, -0.15) is 5.26 Å². The summed E-state index contributed by atoms with van der Waals surface area (Å²) in [5, 5.41) is 14.2. The zero-order valence-corrected chi connectivity index (χ0v) is 16.4. The summed E-state index contributed by atoms with van der Waals surface area (Å²) in [6.45, 7) is 6.31. The predicted molar refractivity (Wildman–Crippen MR) is 106 cm³/mol. The highest BCUT2D eigenvalue weighted by molar-refractivity contribution is 8.00. The topological polar surface area (TPSA) is 65.8 Å². The molecule has 136 valence electrons. The van der Waals surface area contributed by atoms with Crippen molar-refractivity contribution in [3.8, 4) is 6.07 Å². The van der Waals surface area contributed by atoms with Gasteiger partial charge in [0, 0.05) is 11.4 Å². The van der Waals surface area contributed by atoms with Crippen molar-refractivity contribution < 1.29 is 4.79 Å². The van der Waals surface area contributed by atoms with E-state index >= 15 is 0 Å². The minimum atomic E-state index is 0.0282. The number of carbonyl (C=O) groups is 1. The largest absolute Gasteiger partial charge is 0.352 e. The molecule has 2 atom stereocenters. The van der Waals surface area contributed by atoms with Crippen molar-refractivity contribution in [1.82, 2.24) is 10.3 Å². The monoisotopic (exact) mass is 367 g/mol. The third-order valence-electron chi connectivity index (χ3n) is 5.39.